The van der Waals surface area contributed by atoms with Crippen molar-refractivity contribution in [3.05, 3.63) is 87.3 Å². The Morgan fingerprint density at radius 3 is 2.61 bits per heavy atom. The first kappa shape index (κ1) is 31.3. The second-order valence-corrected chi connectivity index (χ2v) is 11.9. The van der Waals surface area contributed by atoms with Crippen molar-refractivity contribution in [2.75, 3.05) is 24.6 Å². The molecule has 1 N–H and O–H groups in total. The average molecular weight is 659 g/mol. The largest absolute Gasteiger partial charge is 0.355 e. The lowest BCUT2D eigenvalue weighted by molar-refractivity contribution is -0.198. The van der Waals surface area contributed by atoms with Crippen LogP contribution < -0.4 is 10.4 Å². The van der Waals surface area contributed by atoms with Crippen molar-refractivity contribution < 1.29 is 18.8 Å². The molecular weight excluding hydrogens is 625 g/mol. The smallest absolute Gasteiger partial charge is 0.267 e. The molecule has 8 nitrogen and oxygen atoms in total. The summed E-state index contributed by atoms with van der Waals surface area (Å²) in [6.45, 7) is 2.20. The molecule has 1 unspecified atom stereocenters. The fraction of sp³-hybridized carbons (Fsp3) is 0.353. The lowest BCUT2D eigenvalue weighted by atomic mass is 9.90. The number of hydrogen-bond donors (Lipinski definition) is 1. The van der Waals surface area contributed by atoms with Gasteiger partial charge in [0.15, 0.2) is 6.29 Å². The Morgan fingerprint density at radius 2 is 1.93 bits per heavy atom. The van der Waals surface area contributed by atoms with Crippen LogP contribution in [0.5, 0.6) is 0 Å². The third kappa shape index (κ3) is 7.89. The molecule has 2 aromatic carbocycles. The van der Waals surface area contributed by atoms with Crippen molar-refractivity contribution in [1.82, 2.24) is 10.5 Å². The monoisotopic (exact) mass is 657 g/mol. The molecule has 2 fully saturated rings. The highest BCUT2D eigenvalue weighted by Gasteiger charge is 2.25. The van der Waals surface area contributed by atoms with E-state index in [1.54, 1.807) is 18.3 Å². The van der Waals surface area contributed by atoms with Crippen LogP contribution in [-0.2, 0) is 20.8 Å². The van der Waals surface area contributed by atoms with Gasteiger partial charge in [0.1, 0.15) is 29.3 Å². The number of hydroxylamine groups is 1. The second kappa shape index (κ2) is 15.1. The number of nitrogens with zero attached hydrogens (tertiary/aromatic N) is 4. The molecule has 0 spiro atoms. The molecule has 0 bridgehead atoms. The third-order valence-corrected chi connectivity index (χ3v) is 8.69. The zero-order chi connectivity index (χ0) is 30.9. The molecule has 226 valence electrons. The maximum Gasteiger partial charge on any atom is 0.267 e. The van der Waals surface area contributed by atoms with Crippen molar-refractivity contribution in [3.8, 4) is 23.3 Å². The van der Waals surface area contributed by atoms with Gasteiger partial charge >= 0.3 is 0 Å². The van der Waals surface area contributed by atoms with Gasteiger partial charge in [0.25, 0.3) is 5.91 Å². The van der Waals surface area contributed by atoms with Crippen LogP contribution in [0, 0.1) is 34.4 Å². The molecule has 3 heterocycles. The van der Waals surface area contributed by atoms with Gasteiger partial charge in [-0.05, 0) is 95.3 Å². The van der Waals surface area contributed by atoms with Crippen LogP contribution in [0.15, 0.2) is 59.2 Å². The lowest BCUT2D eigenvalue weighted by Crippen LogP contribution is -2.35. The average Bonchev–Trinajstić information content (AvgIpc) is 3.06. The molecule has 0 radical (unpaired) electrons. The Kier molecular flexibility index (Phi) is 10.7. The number of halogens is 2. The van der Waals surface area contributed by atoms with Crippen LogP contribution in [0.25, 0.3) is 17.2 Å². The SMILES string of the molecule is N#Cc1ccc(-c2c(Br)cnc(N3CCC(CCc4ccc(/C=C/C(=O)NOC5CCCCO5)cc4)CC3)c2C#N)cc1F. The van der Waals surface area contributed by atoms with Crippen molar-refractivity contribution in [1.29, 1.82) is 10.5 Å². The number of hydrogen-bond acceptors (Lipinski definition) is 7. The fourth-order valence-electron chi connectivity index (χ4n) is 5.60. The number of amides is 1. The Balaban J connectivity index is 1.12. The van der Waals surface area contributed by atoms with Crippen molar-refractivity contribution in [2.45, 2.75) is 51.2 Å². The Bertz CT molecular complexity index is 1580. The van der Waals surface area contributed by atoms with E-state index in [9.17, 15) is 14.4 Å². The summed E-state index contributed by atoms with van der Waals surface area (Å²) in [4.78, 5) is 24.1. The first-order valence-corrected chi connectivity index (χ1v) is 15.6. The van der Waals surface area contributed by atoms with E-state index in [4.69, 9.17) is 14.8 Å². The molecule has 2 aliphatic rings. The fourth-order valence-corrected chi connectivity index (χ4v) is 6.13. The minimum atomic E-state index is -0.621. The summed E-state index contributed by atoms with van der Waals surface area (Å²) in [5.41, 5.74) is 6.05. The molecule has 5 rings (SSSR count). The number of carbonyl (C=O) groups excluding carboxylic acids is 1. The van der Waals surface area contributed by atoms with Crippen LogP contribution in [0.2, 0.25) is 0 Å². The van der Waals surface area contributed by atoms with Gasteiger partial charge in [0.05, 0.1) is 5.56 Å². The maximum atomic E-state index is 14.4. The molecule has 2 saturated heterocycles. The van der Waals surface area contributed by atoms with E-state index in [0.717, 1.165) is 63.6 Å². The van der Waals surface area contributed by atoms with Gasteiger partial charge in [0, 0.05) is 48.4 Å². The van der Waals surface area contributed by atoms with Gasteiger partial charge in [-0.3, -0.25) is 4.79 Å². The number of anilines is 1. The number of aryl methyl sites for hydroxylation is 1. The van der Waals surface area contributed by atoms with Crippen LogP contribution in [0.3, 0.4) is 0 Å². The summed E-state index contributed by atoms with van der Waals surface area (Å²) in [6.07, 6.45) is 11.3. The highest BCUT2D eigenvalue weighted by atomic mass is 79.9. The molecule has 0 saturated carbocycles. The molecule has 10 heteroatoms. The molecule has 1 aromatic heterocycles. The first-order valence-electron chi connectivity index (χ1n) is 14.8. The molecule has 44 heavy (non-hydrogen) atoms. The predicted molar refractivity (Wildman–Crippen MR) is 168 cm³/mol. The highest BCUT2D eigenvalue weighted by Crippen LogP contribution is 2.37. The van der Waals surface area contributed by atoms with E-state index < -0.39 is 5.82 Å². The van der Waals surface area contributed by atoms with Gasteiger partial charge in [-0.25, -0.2) is 19.7 Å². The summed E-state index contributed by atoms with van der Waals surface area (Å²) in [5.74, 6) is 0.203. The number of aromatic nitrogens is 1. The second-order valence-electron chi connectivity index (χ2n) is 11.0. The molecule has 1 atom stereocenters. The van der Waals surface area contributed by atoms with Gasteiger partial charge < -0.3 is 9.64 Å². The number of piperidine rings is 1. The van der Waals surface area contributed by atoms with E-state index in [0.29, 0.717) is 39.5 Å². The van der Waals surface area contributed by atoms with Gasteiger partial charge in [-0.2, -0.15) is 10.5 Å². The van der Waals surface area contributed by atoms with E-state index in [-0.39, 0.29) is 17.8 Å². The Labute approximate surface area is 265 Å². The van der Waals surface area contributed by atoms with E-state index in [1.807, 2.05) is 18.2 Å². The van der Waals surface area contributed by atoms with Crippen LogP contribution in [0.1, 0.15) is 60.8 Å². The van der Waals surface area contributed by atoms with Gasteiger partial charge in [-0.1, -0.05) is 30.3 Å². The van der Waals surface area contributed by atoms with Gasteiger partial charge in [-0.15, -0.1) is 0 Å². The summed E-state index contributed by atoms with van der Waals surface area (Å²) >= 11 is 3.48. The predicted octanol–water partition coefficient (Wildman–Crippen LogP) is 6.83. The third-order valence-electron chi connectivity index (χ3n) is 8.09. The van der Waals surface area contributed by atoms with Crippen molar-refractivity contribution in [3.63, 3.8) is 0 Å². The van der Waals surface area contributed by atoms with Crippen LogP contribution >= 0.6 is 15.9 Å². The normalized spacial score (nSPS) is 17.3. The summed E-state index contributed by atoms with van der Waals surface area (Å²) in [6, 6.07) is 16.7. The number of rotatable bonds is 9. The zero-order valence-corrected chi connectivity index (χ0v) is 25.9. The van der Waals surface area contributed by atoms with Crippen molar-refractivity contribution in [2.24, 2.45) is 5.92 Å². The molecule has 1 amide bonds. The summed E-state index contributed by atoms with van der Waals surface area (Å²) in [5, 5.41) is 19.2. The number of nitriles is 2. The molecular formula is C34H33BrFN5O3. The van der Waals surface area contributed by atoms with E-state index in [2.05, 4.69) is 49.5 Å². The van der Waals surface area contributed by atoms with Crippen molar-refractivity contribution >= 4 is 33.7 Å². The lowest BCUT2D eigenvalue weighted by Gasteiger charge is -2.33. The minimum Gasteiger partial charge on any atom is -0.355 e. The Hall–Kier alpha value is -4.09. The van der Waals surface area contributed by atoms with Crippen LogP contribution in [-0.4, -0.2) is 36.9 Å². The Morgan fingerprint density at radius 1 is 1.14 bits per heavy atom. The topological polar surface area (TPSA) is 111 Å². The quantitative estimate of drug-likeness (QED) is 0.198. The number of pyridine rings is 1. The zero-order valence-electron chi connectivity index (χ0n) is 24.3. The maximum absolute atomic E-state index is 14.4. The number of ether oxygens (including phenoxy) is 1. The standard InChI is InChI=1S/C34H33BrFN5O3/c35-29-22-39-34(28(21-38)33(29)26-11-12-27(20-37)30(36)19-26)41-16-14-25(15-17-41)9-8-23-4-6-24(7-5-23)10-13-31(42)40-44-32-3-1-2-18-43-32/h4-7,10-13,19,22,25,32H,1-3,8-9,14-18H2,(H,40,42)/b13-10+. The number of benzene rings is 2. The van der Waals surface area contributed by atoms with Crippen LogP contribution in [0.4, 0.5) is 10.2 Å². The summed E-state index contributed by atoms with van der Waals surface area (Å²) in [7, 11) is 0. The molecule has 2 aliphatic heterocycles. The minimum absolute atomic E-state index is 0.0384. The van der Waals surface area contributed by atoms with E-state index >= 15 is 0 Å². The van der Waals surface area contributed by atoms with Gasteiger partial charge in [0.2, 0.25) is 0 Å². The first-order chi connectivity index (χ1) is 21.4. The summed E-state index contributed by atoms with van der Waals surface area (Å²) < 4.78 is 20.4. The van der Waals surface area contributed by atoms with E-state index in [1.165, 1.54) is 23.8 Å². The number of carbonyl (C=O) groups is 1. The molecule has 0 aliphatic carbocycles. The highest BCUT2D eigenvalue weighted by molar-refractivity contribution is 9.10. The number of nitrogens with one attached hydrogen (secondary N) is 1. The molecule has 3 aromatic rings.